The van der Waals surface area contributed by atoms with E-state index in [1.54, 1.807) is 17.5 Å². The minimum atomic E-state index is -0.491. The van der Waals surface area contributed by atoms with Crippen molar-refractivity contribution in [3.63, 3.8) is 0 Å². The lowest BCUT2D eigenvalue weighted by Crippen LogP contribution is -2.36. The average Bonchev–Trinajstić information content (AvgIpc) is 3.05. The third kappa shape index (κ3) is 4.41. The Hall–Kier alpha value is -2.40. The van der Waals surface area contributed by atoms with Gasteiger partial charge in [0.15, 0.2) is 0 Å². The molecule has 0 radical (unpaired) electrons. The summed E-state index contributed by atoms with van der Waals surface area (Å²) >= 11 is 7.57. The van der Waals surface area contributed by atoms with Gasteiger partial charge in [-0.05, 0) is 31.2 Å². The highest BCUT2D eigenvalue weighted by Crippen LogP contribution is 2.30. The number of nitrogens with zero attached hydrogens (tertiary/aromatic N) is 3. The second-order valence-corrected chi connectivity index (χ2v) is 7.17. The van der Waals surface area contributed by atoms with Crippen molar-refractivity contribution in [1.29, 1.82) is 5.26 Å². The van der Waals surface area contributed by atoms with Gasteiger partial charge in [0, 0.05) is 23.5 Å². The summed E-state index contributed by atoms with van der Waals surface area (Å²) in [5.74, 6) is -0.491. The maximum Gasteiger partial charge on any atom is 0.266 e. The number of amides is 1. The summed E-state index contributed by atoms with van der Waals surface area (Å²) in [7, 11) is 0. The first-order valence-electron chi connectivity index (χ1n) is 8.04. The SMILES string of the molecule is Cc1nc(/C=C(\C#N)C(=O)Nc2cc(Cl)ccc2N2CCOCC2)cs1. The molecular weight excluding hydrogens is 372 g/mol. The molecule has 134 valence electrons. The van der Waals surface area contributed by atoms with Crippen LogP contribution in [0.15, 0.2) is 29.2 Å². The number of thiazole rings is 1. The molecule has 0 atom stereocenters. The highest BCUT2D eigenvalue weighted by Gasteiger charge is 2.18. The zero-order valence-corrected chi connectivity index (χ0v) is 15.7. The van der Waals surface area contributed by atoms with Crippen LogP contribution in [0.5, 0.6) is 0 Å². The van der Waals surface area contributed by atoms with Crippen LogP contribution in [-0.4, -0.2) is 37.2 Å². The Morgan fingerprint density at radius 2 is 2.23 bits per heavy atom. The van der Waals surface area contributed by atoms with Gasteiger partial charge in [-0.3, -0.25) is 4.79 Å². The van der Waals surface area contributed by atoms with Gasteiger partial charge < -0.3 is 15.0 Å². The number of halogens is 1. The number of hydrogen-bond acceptors (Lipinski definition) is 6. The molecule has 1 saturated heterocycles. The zero-order valence-electron chi connectivity index (χ0n) is 14.2. The number of carbonyl (C=O) groups excluding carboxylic acids is 1. The van der Waals surface area contributed by atoms with E-state index in [0.29, 0.717) is 29.6 Å². The third-order valence-corrected chi connectivity index (χ3v) is 4.88. The Kier molecular flexibility index (Phi) is 5.89. The first-order valence-corrected chi connectivity index (χ1v) is 9.30. The van der Waals surface area contributed by atoms with Crippen molar-refractivity contribution in [2.75, 3.05) is 36.5 Å². The van der Waals surface area contributed by atoms with Gasteiger partial charge in [0.2, 0.25) is 0 Å². The van der Waals surface area contributed by atoms with Crippen LogP contribution < -0.4 is 10.2 Å². The lowest BCUT2D eigenvalue weighted by atomic mass is 10.2. The molecule has 1 aliphatic heterocycles. The predicted molar refractivity (Wildman–Crippen MR) is 104 cm³/mol. The van der Waals surface area contributed by atoms with E-state index in [1.165, 1.54) is 17.4 Å². The Labute approximate surface area is 160 Å². The molecule has 1 fully saturated rings. The number of hydrogen-bond donors (Lipinski definition) is 1. The summed E-state index contributed by atoms with van der Waals surface area (Å²) in [6.45, 7) is 4.58. The van der Waals surface area contributed by atoms with Crippen molar-refractivity contribution in [3.05, 3.63) is 44.9 Å². The molecule has 3 rings (SSSR count). The van der Waals surface area contributed by atoms with Crippen LogP contribution in [0, 0.1) is 18.3 Å². The number of anilines is 2. The van der Waals surface area contributed by atoms with E-state index in [0.717, 1.165) is 23.8 Å². The van der Waals surface area contributed by atoms with Crippen molar-refractivity contribution in [2.24, 2.45) is 0 Å². The number of carbonyl (C=O) groups is 1. The Bertz CT molecular complexity index is 882. The minimum Gasteiger partial charge on any atom is -0.378 e. The Morgan fingerprint density at radius 3 is 2.88 bits per heavy atom. The van der Waals surface area contributed by atoms with Crippen molar-refractivity contribution < 1.29 is 9.53 Å². The van der Waals surface area contributed by atoms with Crippen LogP contribution in [0.2, 0.25) is 5.02 Å². The Morgan fingerprint density at radius 1 is 1.46 bits per heavy atom. The summed E-state index contributed by atoms with van der Waals surface area (Å²) in [5, 5.41) is 15.4. The average molecular weight is 389 g/mol. The second kappa shape index (κ2) is 8.32. The number of ether oxygens (including phenoxy) is 1. The maximum absolute atomic E-state index is 12.6. The van der Waals surface area contributed by atoms with E-state index in [2.05, 4.69) is 15.2 Å². The first kappa shape index (κ1) is 18.4. The fourth-order valence-electron chi connectivity index (χ4n) is 2.62. The quantitative estimate of drug-likeness (QED) is 0.640. The molecule has 2 aromatic rings. The van der Waals surface area contributed by atoms with Crippen LogP contribution in [0.25, 0.3) is 6.08 Å². The summed E-state index contributed by atoms with van der Waals surface area (Å²) in [6, 6.07) is 7.27. The van der Waals surface area contributed by atoms with Crippen LogP contribution in [0.4, 0.5) is 11.4 Å². The molecule has 8 heteroatoms. The molecule has 2 heterocycles. The minimum absolute atomic E-state index is 0.0109. The monoisotopic (exact) mass is 388 g/mol. The largest absolute Gasteiger partial charge is 0.378 e. The number of benzene rings is 1. The normalized spacial score (nSPS) is 14.8. The van der Waals surface area contributed by atoms with E-state index >= 15 is 0 Å². The van der Waals surface area contributed by atoms with E-state index < -0.39 is 5.91 Å². The molecule has 1 aromatic carbocycles. The van der Waals surface area contributed by atoms with Gasteiger partial charge in [-0.15, -0.1) is 11.3 Å². The number of rotatable bonds is 4. The standard InChI is InChI=1S/C18H17ClN4O2S/c1-12-21-15(11-26-12)8-13(10-20)18(24)22-16-9-14(19)2-3-17(16)23-4-6-25-7-5-23/h2-3,8-9,11H,4-7H2,1H3,(H,22,24)/b13-8+. The van der Waals surface area contributed by atoms with Crippen LogP contribution in [-0.2, 0) is 9.53 Å². The maximum atomic E-state index is 12.6. The third-order valence-electron chi connectivity index (χ3n) is 3.85. The smallest absolute Gasteiger partial charge is 0.266 e. The first-order chi connectivity index (χ1) is 12.6. The number of nitrogens with one attached hydrogen (secondary N) is 1. The van der Waals surface area contributed by atoms with Gasteiger partial charge in [0.1, 0.15) is 11.6 Å². The molecule has 1 N–H and O–H groups in total. The van der Waals surface area contributed by atoms with Crippen molar-refractivity contribution in [2.45, 2.75) is 6.92 Å². The predicted octanol–water partition coefficient (Wildman–Crippen LogP) is 3.49. The van der Waals surface area contributed by atoms with Gasteiger partial charge >= 0.3 is 0 Å². The Balaban J connectivity index is 1.85. The number of morpholine rings is 1. The van der Waals surface area contributed by atoms with Gasteiger partial charge in [-0.25, -0.2) is 4.98 Å². The molecule has 6 nitrogen and oxygen atoms in total. The van der Waals surface area contributed by atoms with Crippen LogP contribution in [0.3, 0.4) is 0 Å². The summed E-state index contributed by atoms with van der Waals surface area (Å²) in [6.07, 6.45) is 1.48. The lowest BCUT2D eigenvalue weighted by molar-refractivity contribution is -0.112. The molecule has 0 bridgehead atoms. The molecule has 1 amide bonds. The molecule has 0 spiro atoms. The molecule has 1 aromatic heterocycles. The van der Waals surface area contributed by atoms with Gasteiger partial charge in [-0.2, -0.15) is 5.26 Å². The number of aromatic nitrogens is 1. The topological polar surface area (TPSA) is 78.2 Å². The van der Waals surface area contributed by atoms with E-state index in [9.17, 15) is 10.1 Å². The number of nitriles is 1. The van der Waals surface area contributed by atoms with Crippen LogP contribution in [0.1, 0.15) is 10.7 Å². The highest BCUT2D eigenvalue weighted by atomic mass is 35.5. The van der Waals surface area contributed by atoms with E-state index in [4.69, 9.17) is 16.3 Å². The van der Waals surface area contributed by atoms with Crippen LogP contribution >= 0.6 is 22.9 Å². The molecule has 1 aliphatic rings. The molecule has 0 saturated carbocycles. The molecule has 0 unspecified atom stereocenters. The lowest BCUT2D eigenvalue weighted by Gasteiger charge is -2.30. The van der Waals surface area contributed by atoms with E-state index in [-0.39, 0.29) is 5.57 Å². The van der Waals surface area contributed by atoms with Crippen molar-refractivity contribution in [3.8, 4) is 6.07 Å². The summed E-state index contributed by atoms with van der Waals surface area (Å²) in [5.41, 5.74) is 2.01. The van der Waals surface area contributed by atoms with Crippen molar-refractivity contribution in [1.82, 2.24) is 4.98 Å². The fourth-order valence-corrected chi connectivity index (χ4v) is 3.36. The fraction of sp³-hybridized carbons (Fsp3) is 0.278. The van der Waals surface area contributed by atoms with Gasteiger partial charge in [0.25, 0.3) is 5.91 Å². The molecule has 0 aliphatic carbocycles. The highest BCUT2D eigenvalue weighted by molar-refractivity contribution is 7.09. The second-order valence-electron chi connectivity index (χ2n) is 5.68. The van der Waals surface area contributed by atoms with Crippen molar-refractivity contribution >= 4 is 46.3 Å². The molecule has 26 heavy (non-hydrogen) atoms. The summed E-state index contributed by atoms with van der Waals surface area (Å²) < 4.78 is 5.38. The summed E-state index contributed by atoms with van der Waals surface area (Å²) in [4.78, 5) is 19.0. The number of aryl methyl sites for hydroxylation is 1. The van der Waals surface area contributed by atoms with E-state index in [1.807, 2.05) is 19.1 Å². The van der Waals surface area contributed by atoms with Gasteiger partial charge in [0.05, 0.1) is 35.3 Å². The molecular formula is C18H17ClN4O2S. The zero-order chi connectivity index (χ0) is 18.5. The van der Waals surface area contributed by atoms with Gasteiger partial charge in [-0.1, -0.05) is 11.6 Å².